The Balaban J connectivity index is -0.000000202. The van der Waals surface area contributed by atoms with E-state index in [2.05, 4.69) is 4.18 Å². The SMILES string of the molecule is CCCCCOS(=O)(=O)CCO.[H-].[H-].[Mg+2]. The van der Waals surface area contributed by atoms with E-state index in [4.69, 9.17) is 5.11 Å². The fourth-order valence-corrected chi connectivity index (χ4v) is 1.42. The Bertz CT molecular complexity index is 199. The third kappa shape index (κ3) is 10.6. The fraction of sp³-hybridized carbons (Fsp3) is 1.00. The number of unbranched alkanes of at least 4 members (excludes halogenated alkanes) is 2. The first-order valence-corrected chi connectivity index (χ1v) is 5.68. The number of aliphatic hydroxyl groups is 1. The maximum Gasteiger partial charge on any atom is 2.00 e. The Hall–Kier alpha value is 0.636. The van der Waals surface area contributed by atoms with Gasteiger partial charge < -0.3 is 7.96 Å². The van der Waals surface area contributed by atoms with Gasteiger partial charge in [-0.25, -0.2) is 0 Å². The predicted octanol–water partition coefficient (Wildman–Crippen LogP) is 0.360. The van der Waals surface area contributed by atoms with Crippen LogP contribution in [0.5, 0.6) is 0 Å². The van der Waals surface area contributed by atoms with Crippen molar-refractivity contribution in [2.75, 3.05) is 19.0 Å². The number of rotatable bonds is 7. The smallest absolute Gasteiger partial charge is 1.00 e. The van der Waals surface area contributed by atoms with Gasteiger partial charge in [-0.3, -0.25) is 4.18 Å². The van der Waals surface area contributed by atoms with Crippen molar-refractivity contribution in [3.05, 3.63) is 0 Å². The topological polar surface area (TPSA) is 63.6 Å². The van der Waals surface area contributed by atoms with E-state index < -0.39 is 10.1 Å². The first kappa shape index (κ1) is 16.1. The van der Waals surface area contributed by atoms with Crippen LogP contribution in [0.15, 0.2) is 0 Å². The van der Waals surface area contributed by atoms with Crippen LogP contribution in [0, 0.1) is 0 Å². The molecular formula is C7H18MgO4S. The Morgan fingerprint density at radius 1 is 1.38 bits per heavy atom. The van der Waals surface area contributed by atoms with E-state index in [0.717, 1.165) is 19.3 Å². The largest absolute Gasteiger partial charge is 2.00 e. The molecular weight excluding hydrogens is 204 g/mol. The minimum atomic E-state index is -3.46. The molecule has 4 nitrogen and oxygen atoms in total. The van der Waals surface area contributed by atoms with Crippen LogP contribution in [0.2, 0.25) is 0 Å². The van der Waals surface area contributed by atoms with Gasteiger partial charge in [0.05, 0.1) is 19.0 Å². The third-order valence-electron chi connectivity index (χ3n) is 1.35. The van der Waals surface area contributed by atoms with Crippen molar-refractivity contribution >= 4 is 33.2 Å². The van der Waals surface area contributed by atoms with Crippen LogP contribution >= 0.6 is 0 Å². The summed E-state index contributed by atoms with van der Waals surface area (Å²) in [5, 5.41) is 8.35. The zero-order chi connectivity index (χ0) is 9.45. The van der Waals surface area contributed by atoms with E-state index in [1.807, 2.05) is 6.92 Å². The predicted molar refractivity (Wildman–Crippen MR) is 54.3 cm³/mol. The summed E-state index contributed by atoms with van der Waals surface area (Å²) in [6.45, 7) is 1.88. The van der Waals surface area contributed by atoms with Gasteiger partial charge in [0.25, 0.3) is 10.1 Å². The minimum Gasteiger partial charge on any atom is -1.00 e. The molecule has 0 aliphatic rings. The van der Waals surface area contributed by atoms with Gasteiger partial charge in [0.2, 0.25) is 0 Å². The molecule has 6 heteroatoms. The minimum absolute atomic E-state index is 0. The fourth-order valence-electron chi connectivity index (χ4n) is 0.709. The standard InChI is InChI=1S/C7H16O4S.Mg.2H/c1-2-3-4-6-11-12(9,10)7-5-8;;;/h8H,2-7H2,1H3;;;/q;+2;2*-1. The van der Waals surface area contributed by atoms with Gasteiger partial charge in [-0.2, -0.15) is 8.42 Å². The average molecular weight is 223 g/mol. The Labute approximate surface area is 98.9 Å². The van der Waals surface area contributed by atoms with Crippen molar-refractivity contribution in [1.29, 1.82) is 0 Å². The van der Waals surface area contributed by atoms with Gasteiger partial charge in [-0.1, -0.05) is 19.8 Å². The van der Waals surface area contributed by atoms with Crippen molar-refractivity contribution in [3.8, 4) is 0 Å². The van der Waals surface area contributed by atoms with Crippen LogP contribution in [0.1, 0.15) is 29.0 Å². The molecule has 0 rings (SSSR count). The van der Waals surface area contributed by atoms with E-state index >= 15 is 0 Å². The number of hydrogen-bond acceptors (Lipinski definition) is 4. The molecule has 0 aliphatic carbocycles. The van der Waals surface area contributed by atoms with Crippen LogP contribution < -0.4 is 0 Å². The summed E-state index contributed by atoms with van der Waals surface area (Å²) in [4.78, 5) is 0. The van der Waals surface area contributed by atoms with Gasteiger partial charge in [-0.15, -0.1) is 0 Å². The van der Waals surface area contributed by atoms with Gasteiger partial charge in [0.1, 0.15) is 0 Å². The molecule has 0 spiro atoms. The summed E-state index contributed by atoms with van der Waals surface area (Å²) in [6.07, 6.45) is 2.75. The zero-order valence-corrected chi connectivity index (χ0v) is 10.3. The summed E-state index contributed by atoms with van der Waals surface area (Å²) in [5.41, 5.74) is 0. The van der Waals surface area contributed by atoms with E-state index in [-0.39, 0.29) is 44.9 Å². The van der Waals surface area contributed by atoms with Crippen molar-refractivity contribution in [1.82, 2.24) is 0 Å². The van der Waals surface area contributed by atoms with Crippen LogP contribution in [0.3, 0.4) is 0 Å². The first-order chi connectivity index (χ1) is 5.62. The number of hydrogen-bond donors (Lipinski definition) is 1. The van der Waals surface area contributed by atoms with Gasteiger partial charge in [0.15, 0.2) is 0 Å². The first-order valence-electron chi connectivity index (χ1n) is 4.10. The zero-order valence-electron chi connectivity index (χ0n) is 10.0. The number of aliphatic hydroxyl groups excluding tert-OH is 1. The molecule has 0 saturated heterocycles. The third-order valence-corrected chi connectivity index (χ3v) is 2.56. The molecule has 0 bridgehead atoms. The molecule has 0 aromatic rings. The van der Waals surface area contributed by atoms with E-state index in [1.165, 1.54) is 0 Å². The van der Waals surface area contributed by atoms with Crippen LogP contribution in [-0.4, -0.2) is 55.5 Å². The van der Waals surface area contributed by atoms with Gasteiger partial charge in [0, 0.05) is 0 Å². The molecule has 78 valence electrons. The van der Waals surface area contributed by atoms with Gasteiger partial charge in [-0.05, 0) is 6.42 Å². The quantitative estimate of drug-likeness (QED) is 0.384. The monoisotopic (exact) mass is 222 g/mol. The molecule has 0 aromatic heterocycles. The van der Waals surface area contributed by atoms with E-state index in [1.54, 1.807) is 0 Å². The maximum absolute atomic E-state index is 10.8. The molecule has 0 aromatic carbocycles. The molecule has 0 atom stereocenters. The van der Waals surface area contributed by atoms with Crippen LogP contribution in [0.25, 0.3) is 0 Å². The molecule has 0 radical (unpaired) electrons. The average Bonchev–Trinajstić information content (AvgIpc) is 1.98. The van der Waals surface area contributed by atoms with Crippen molar-refractivity contribution < 1.29 is 20.6 Å². The molecule has 1 N–H and O–H groups in total. The summed E-state index contributed by atoms with van der Waals surface area (Å²) >= 11 is 0. The summed E-state index contributed by atoms with van der Waals surface area (Å²) in [7, 11) is -3.46. The van der Waals surface area contributed by atoms with E-state index in [0.29, 0.717) is 0 Å². The van der Waals surface area contributed by atoms with Crippen molar-refractivity contribution in [3.63, 3.8) is 0 Å². The molecule has 0 heterocycles. The van der Waals surface area contributed by atoms with Crippen molar-refractivity contribution in [2.45, 2.75) is 26.2 Å². The Morgan fingerprint density at radius 2 is 2.00 bits per heavy atom. The van der Waals surface area contributed by atoms with Crippen molar-refractivity contribution in [2.24, 2.45) is 0 Å². The maximum atomic E-state index is 10.8. The van der Waals surface area contributed by atoms with E-state index in [9.17, 15) is 8.42 Å². The Morgan fingerprint density at radius 3 is 2.46 bits per heavy atom. The molecule has 0 unspecified atom stereocenters. The summed E-state index contributed by atoms with van der Waals surface area (Å²) in [6, 6.07) is 0. The molecule has 13 heavy (non-hydrogen) atoms. The second-order valence-corrected chi connectivity index (χ2v) is 4.27. The second kappa shape index (κ2) is 9.20. The summed E-state index contributed by atoms with van der Waals surface area (Å²) in [5.74, 6) is -0.306. The molecule has 0 amide bonds. The Kier molecular flexibility index (Phi) is 11.4. The van der Waals surface area contributed by atoms with Gasteiger partial charge >= 0.3 is 23.1 Å². The molecule has 0 fully saturated rings. The normalized spacial score (nSPS) is 10.9. The van der Waals surface area contributed by atoms with Crippen LogP contribution in [0.4, 0.5) is 0 Å². The van der Waals surface area contributed by atoms with Crippen LogP contribution in [-0.2, 0) is 14.3 Å². The molecule has 0 saturated carbocycles. The second-order valence-electron chi connectivity index (χ2n) is 2.51. The summed E-state index contributed by atoms with van der Waals surface area (Å²) < 4.78 is 26.2. The molecule has 0 aliphatic heterocycles.